The Bertz CT molecular complexity index is 1110. The summed E-state index contributed by atoms with van der Waals surface area (Å²) in [5, 5.41) is 12.0. The van der Waals surface area contributed by atoms with Gasteiger partial charge in [-0.05, 0) is 49.4 Å². The van der Waals surface area contributed by atoms with Gasteiger partial charge in [-0.25, -0.2) is 21.6 Å². The Kier molecular flexibility index (Phi) is 7.45. The zero-order chi connectivity index (χ0) is 22.5. The molecule has 9 nitrogen and oxygen atoms in total. The molecule has 164 valence electrons. The second-order valence-electron chi connectivity index (χ2n) is 6.26. The summed E-state index contributed by atoms with van der Waals surface area (Å²) in [5.74, 6) is -1.17. The number of anilines is 2. The lowest BCUT2D eigenvalue weighted by atomic mass is 10.2. The van der Waals surface area contributed by atoms with E-state index < -0.39 is 26.0 Å². The van der Waals surface area contributed by atoms with Crippen LogP contribution >= 0.6 is 0 Å². The van der Waals surface area contributed by atoms with Gasteiger partial charge in [0.25, 0.3) is 10.0 Å². The lowest BCUT2D eigenvalue weighted by Crippen LogP contribution is -2.30. The maximum Gasteiger partial charge on any atom is 0.335 e. The molecule has 2 rings (SSSR count). The molecule has 0 radical (unpaired) electrons. The molecule has 0 amide bonds. The van der Waals surface area contributed by atoms with Crippen LogP contribution in [0.15, 0.2) is 52.3 Å². The third kappa shape index (κ3) is 5.10. The van der Waals surface area contributed by atoms with Gasteiger partial charge in [0.05, 0.1) is 26.7 Å². The number of aromatic carboxylic acids is 1. The second-order valence-corrected chi connectivity index (χ2v) is 9.88. The van der Waals surface area contributed by atoms with Crippen molar-refractivity contribution < 1.29 is 26.7 Å². The lowest BCUT2D eigenvalue weighted by Gasteiger charge is -2.20. The highest BCUT2D eigenvalue weighted by atomic mass is 32.2. The molecular formula is C19H25N3O6S2. The van der Waals surface area contributed by atoms with E-state index in [0.717, 1.165) is 0 Å². The fraction of sp³-hybridized carbons (Fsp3) is 0.316. The van der Waals surface area contributed by atoms with Gasteiger partial charge in [0.1, 0.15) is 0 Å². The van der Waals surface area contributed by atoms with Crippen molar-refractivity contribution in [1.29, 1.82) is 0 Å². The monoisotopic (exact) mass is 455 g/mol. The minimum Gasteiger partial charge on any atom is -0.478 e. The molecule has 30 heavy (non-hydrogen) atoms. The van der Waals surface area contributed by atoms with Crippen molar-refractivity contribution in [3.63, 3.8) is 0 Å². The summed E-state index contributed by atoms with van der Waals surface area (Å²) in [6, 6.07) is 8.92. The van der Waals surface area contributed by atoms with E-state index in [1.54, 1.807) is 13.8 Å². The van der Waals surface area contributed by atoms with E-state index in [-0.39, 0.29) is 34.1 Å². The van der Waals surface area contributed by atoms with Crippen molar-refractivity contribution in [1.82, 2.24) is 4.31 Å². The fourth-order valence-corrected chi connectivity index (χ4v) is 5.36. The van der Waals surface area contributed by atoms with Gasteiger partial charge in [-0.2, -0.15) is 4.31 Å². The smallest absolute Gasteiger partial charge is 0.335 e. The molecule has 11 heteroatoms. The van der Waals surface area contributed by atoms with E-state index in [4.69, 9.17) is 5.11 Å². The molecule has 0 fully saturated rings. The number of benzene rings is 2. The Labute approximate surface area is 176 Å². The predicted molar refractivity (Wildman–Crippen MR) is 115 cm³/mol. The zero-order valence-corrected chi connectivity index (χ0v) is 18.5. The predicted octanol–water partition coefficient (Wildman–Crippen LogP) is 2.65. The molecule has 0 unspecified atom stereocenters. The topological polar surface area (TPSA) is 133 Å². The molecule has 0 aliphatic carbocycles. The molecule has 2 aromatic rings. The normalized spacial score (nSPS) is 12.0. The van der Waals surface area contributed by atoms with Gasteiger partial charge in [0.15, 0.2) is 0 Å². The van der Waals surface area contributed by atoms with Crippen molar-refractivity contribution in [3.05, 3.63) is 48.0 Å². The number of carboxylic acids is 1. The number of nitrogens with zero attached hydrogens (tertiary/aromatic N) is 1. The van der Waals surface area contributed by atoms with Gasteiger partial charge in [0, 0.05) is 19.6 Å². The number of hydrogen-bond donors (Lipinski definition) is 3. The number of carbonyl (C=O) groups is 1. The Hall–Kier alpha value is -2.63. The molecule has 0 atom stereocenters. The van der Waals surface area contributed by atoms with Gasteiger partial charge < -0.3 is 10.4 Å². The first-order chi connectivity index (χ1) is 14.1. The van der Waals surface area contributed by atoms with Gasteiger partial charge in [-0.15, -0.1) is 0 Å². The quantitative estimate of drug-likeness (QED) is 0.501. The third-order valence-electron chi connectivity index (χ3n) is 4.36. The molecule has 0 bridgehead atoms. The van der Waals surface area contributed by atoms with Gasteiger partial charge >= 0.3 is 5.97 Å². The van der Waals surface area contributed by atoms with Gasteiger partial charge in [-0.3, -0.25) is 4.72 Å². The molecule has 3 N–H and O–H groups in total. The highest BCUT2D eigenvalue weighted by molar-refractivity contribution is 7.92. The molecule has 0 aliphatic rings. The average molecular weight is 456 g/mol. The summed E-state index contributed by atoms with van der Waals surface area (Å²) >= 11 is 0. The number of rotatable bonds is 10. The first kappa shape index (κ1) is 23.6. The zero-order valence-electron chi connectivity index (χ0n) is 16.9. The van der Waals surface area contributed by atoms with Crippen LogP contribution in [0.3, 0.4) is 0 Å². The maximum atomic E-state index is 12.8. The number of nitrogens with one attached hydrogen (secondary N) is 2. The molecular weight excluding hydrogens is 430 g/mol. The van der Waals surface area contributed by atoms with Crippen LogP contribution in [-0.2, 0) is 20.0 Å². The molecule has 0 aromatic heterocycles. The lowest BCUT2D eigenvalue weighted by molar-refractivity contribution is 0.0696. The van der Waals surface area contributed by atoms with Crippen LogP contribution in [-0.4, -0.2) is 51.9 Å². The first-order valence-corrected chi connectivity index (χ1v) is 12.2. The van der Waals surface area contributed by atoms with E-state index in [2.05, 4.69) is 10.0 Å². The van der Waals surface area contributed by atoms with E-state index in [1.165, 1.54) is 46.8 Å². The molecule has 2 aromatic carbocycles. The Morgan fingerprint density at radius 3 is 1.97 bits per heavy atom. The summed E-state index contributed by atoms with van der Waals surface area (Å²) in [6.07, 6.45) is 0. The standard InChI is InChI=1S/C19H25N3O6S2/c1-4-20-17-12-11-16(30(27,28)22(5-2)6-3)13-18(17)21-29(25,26)15-9-7-14(8-10-15)19(23)24/h7-13,20-21H,4-6H2,1-3H3,(H,23,24). The Morgan fingerprint density at radius 2 is 1.47 bits per heavy atom. The van der Waals surface area contributed by atoms with Crippen LogP contribution in [0.25, 0.3) is 0 Å². The summed E-state index contributed by atoms with van der Waals surface area (Å²) in [6.45, 7) is 6.32. The van der Waals surface area contributed by atoms with Crippen molar-refractivity contribution in [2.75, 3.05) is 29.7 Å². The van der Waals surface area contributed by atoms with E-state index >= 15 is 0 Å². The number of carboxylic acid groups (broad SMARTS) is 1. The summed E-state index contributed by atoms with van der Waals surface area (Å²) < 4.78 is 54.9. The average Bonchev–Trinajstić information content (AvgIpc) is 2.70. The van der Waals surface area contributed by atoms with Gasteiger partial charge in [-0.1, -0.05) is 13.8 Å². The Balaban J connectivity index is 2.49. The summed E-state index contributed by atoms with van der Waals surface area (Å²) in [4.78, 5) is 10.8. The molecule has 0 saturated heterocycles. The van der Waals surface area contributed by atoms with E-state index in [0.29, 0.717) is 12.2 Å². The SMILES string of the molecule is CCNc1ccc(S(=O)(=O)N(CC)CC)cc1NS(=O)(=O)c1ccc(C(=O)O)cc1. The van der Waals surface area contributed by atoms with E-state index in [1.807, 2.05) is 6.92 Å². The van der Waals surface area contributed by atoms with Crippen molar-refractivity contribution in [3.8, 4) is 0 Å². The van der Waals surface area contributed by atoms with Crippen LogP contribution < -0.4 is 10.0 Å². The van der Waals surface area contributed by atoms with Crippen LogP contribution in [0.5, 0.6) is 0 Å². The van der Waals surface area contributed by atoms with Crippen molar-refractivity contribution in [2.24, 2.45) is 0 Å². The van der Waals surface area contributed by atoms with Gasteiger partial charge in [0.2, 0.25) is 10.0 Å². The van der Waals surface area contributed by atoms with E-state index in [9.17, 15) is 21.6 Å². The molecule has 0 aliphatic heterocycles. The number of sulfonamides is 2. The fourth-order valence-electron chi connectivity index (χ4n) is 2.81. The van der Waals surface area contributed by atoms with Crippen molar-refractivity contribution >= 4 is 37.4 Å². The number of hydrogen-bond acceptors (Lipinski definition) is 6. The minimum absolute atomic E-state index is 0.0354. The third-order valence-corrected chi connectivity index (χ3v) is 7.78. The first-order valence-electron chi connectivity index (χ1n) is 9.31. The summed E-state index contributed by atoms with van der Waals surface area (Å²) in [5.41, 5.74) is 0.448. The minimum atomic E-state index is -4.08. The second kappa shape index (κ2) is 9.45. The molecule has 0 spiro atoms. The highest BCUT2D eigenvalue weighted by Gasteiger charge is 2.24. The van der Waals surface area contributed by atoms with Crippen molar-refractivity contribution in [2.45, 2.75) is 30.6 Å². The molecule has 0 saturated carbocycles. The Morgan fingerprint density at radius 1 is 0.900 bits per heavy atom. The summed E-state index contributed by atoms with van der Waals surface area (Å²) in [7, 11) is -7.87. The van der Waals surface area contributed by atoms with Crippen LogP contribution in [0.2, 0.25) is 0 Å². The highest BCUT2D eigenvalue weighted by Crippen LogP contribution is 2.29. The van der Waals surface area contributed by atoms with Crippen LogP contribution in [0.4, 0.5) is 11.4 Å². The maximum absolute atomic E-state index is 12.8. The molecule has 0 heterocycles. The largest absolute Gasteiger partial charge is 0.478 e. The van der Waals surface area contributed by atoms with Crippen LogP contribution in [0, 0.1) is 0 Å². The van der Waals surface area contributed by atoms with Crippen LogP contribution in [0.1, 0.15) is 31.1 Å².